The third kappa shape index (κ3) is 13.3. The number of carbonyl (C=O) groups is 6. The summed E-state index contributed by atoms with van der Waals surface area (Å²) < 4.78 is 5.65. The summed E-state index contributed by atoms with van der Waals surface area (Å²) >= 11 is 0. The fourth-order valence-electron chi connectivity index (χ4n) is 4.91. The van der Waals surface area contributed by atoms with Crippen molar-refractivity contribution in [2.24, 2.45) is 17.8 Å². The van der Waals surface area contributed by atoms with Gasteiger partial charge in [-0.25, -0.2) is 0 Å². The molecule has 1 rings (SSSR count). The van der Waals surface area contributed by atoms with Crippen LogP contribution in [-0.2, 0) is 33.5 Å². The number of unbranched alkanes of at least 4 members (excludes halogenated alkanes) is 3. The minimum Gasteiger partial charge on any atom is -0.460 e. The molecular formula is C31H55N5O9. The maximum absolute atomic E-state index is 13.6. The van der Waals surface area contributed by atoms with Gasteiger partial charge in [-0.1, -0.05) is 67.2 Å². The van der Waals surface area contributed by atoms with Crippen LogP contribution in [0.3, 0.4) is 0 Å². The van der Waals surface area contributed by atoms with E-state index in [2.05, 4.69) is 33.5 Å². The lowest BCUT2D eigenvalue weighted by Crippen LogP contribution is -2.61. The molecule has 0 saturated carbocycles. The maximum Gasteiger partial charge on any atom is 0.325 e. The van der Waals surface area contributed by atoms with Gasteiger partial charge < -0.3 is 41.5 Å². The Labute approximate surface area is 266 Å². The van der Waals surface area contributed by atoms with Crippen LogP contribution in [-0.4, -0.2) is 95.2 Å². The highest BCUT2D eigenvalue weighted by molar-refractivity contribution is 5.96. The standard InChI is InChI=1S/C31H55N5O9/c1-8-10-11-12-13-23-19(6)27(40)33-21(14-17(3)4)28(41)35-25(18(5)9-2)31(44)34-22(16-37)29(42)36-26(20(7)38)30(43)32-15-24(39)45-23/h17-23,25-26,37-38H,8-16H2,1-7H3,(H,32,43)(H,33,40)(H,34,44)(H,35,41)(H,36,42)/t18-,19-,20+,21+,22-,23-,25+,26-/m1/s1. The molecule has 0 unspecified atom stereocenters. The predicted molar refractivity (Wildman–Crippen MR) is 166 cm³/mol. The van der Waals surface area contributed by atoms with E-state index in [0.29, 0.717) is 19.3 Å². The lowest BCUT2D eigenvalue weighted by Gasteiger charge is -2.30. The molecule has 5 amide bonds. The Kier molecular flexibility index (Phi) is 17.7. The van der Waals surface area contributed by atoms with E-state index >= 15 is 0 Å². The molecule has 1 saturated heterocycles. The molecule has 1 fully saturated rings. The van der Waals surface area contributed by atoms with E-state index in [9.17, 15) is 39.0 Å². The number of carbonyl (C=O) groups excluding carboxylic acids is 6. The van der Waals surface area contributed by atoms with Gasteiger partial charge in [0.2, 0.25) is 29.5 Å². The number of aliphatic hydroxyl groups excluding tert-OH is 2. The topological polar surface area (TPSA) is 212 Å². The van der Waals surface area contributed by atoms with E-state index in [-0.39, 0.29) is 12.3 Å². The summed E-state index contributed by atoms with van der Waals surface area (Å²) in [5.74, 6) is -5.82. The van der Waals surface area contributed by atoms with Crippen LogP contribution in [0.25, 0.3) is 0 Å². The number of hydrogen-bond acceptors (Lipinski definition) is 9. The van der Waals surface area contributed by atoms with Crippen molar-refractivity contribution >= 4 is 35.5 Å². The number of aliphatic hydroxyl groups is 2. The molecule has 0 radical (unpaired) electrons. The van der Waals surface area contributed by atoms with E-state index in [1.54, 1.807) is 13.8 Å². The molecule has 0 aliphatic carbocycles. The molecule has 14 heteroatoms. The zero-order valence-corrected chi connectivity index (χ0v) is 27.8. The smallest absolute Gasteiger partial charge is 0.325 e. The van der Waals surface area contributed by atoms with E-state index in [1.807, 2.05) is 20.8 Å². The van der Waals surface area contributed by atoms with Crippen molar-refractivity contribution in [3.05, 3.63) is 0 Å². The molecular weight excluding hydrogens is 586 g/mol. The van der Waals surface area contributed by atoms with Crippen molar-refractivity contribution in [1.29, 1.82) is 0 Å². The number of esters is 1. The predicted octanol–water partition coefficient (Wildman–Crippen LogP) is 0.0390. The third-order valence-corrected chi connectivity index (χ3v) is 8.01. The van der Waals surface area contributed by atoms with E-state index in [1.165, 1.54) is 6.92 Å². The summed E-state index contributed by atoms with van der Waals surface area (Å²) in [7, 11) is 0. The summed E-state index contributed by atoms with van der Waals surface area (Å²) in [6, 6.07) is -5.20. The fourth-order valence-corrected chi connectivity index (χ4v) is 4.91. The molecule has 0 aromatic heterocycles. The van der Waals surface area contributed by atoms with E-state index in [0.717, 1.165) is 19.3 Å². The van der Waals surface area contributed by atoms with Gasteiger partial charge in [0.15, 0.2) is 0 Å². The highest BCUT2D eigenvalue weighted by atomic mass is 16.5. The summed E-state index contributed by atoms with van der Waals surface area (Å²) in [4.78, 5) is 79.1. The Morgan fingerprint density at radius 3 is 1.93 bits per heavy atom. The SMILES string of the molecule is CCCCCC[C@H]1OC(=O)CNC(=O)[C@@H]([C@H](C)O)NC(=O)[C@@H](CO)NC(=O)[C@H]([C@H](C)CC)NC(=O)[C@H](CC(C)C)NC(=O)[C@@H]1C. The molecule has 1 aliphatic heterocycles. The van der Waals surface area contributed by atoms with Crippen LogP contribution in [0.1, 0.15) is 93.4 Å². The number of amides is 5. The second-order valence-electron chi connectivity index (χ2n) is 12.4. The first kappa shape index (κ1) is 39.8. The van der Waals surface area contributed by atoms with Crippen molar-refractivity contribution in [3.63, 3.8) is 0 Å². The first-order valence-electron chi connectivity index (χ1n) is 16.1. The molecule has 45 heavy (non-hydrogen) atoms. The highest BCUT2D eigenvalue weighted by Crippen LogP contribution is 2.18. The molecule has 0 aromatic carbocycles. The number of hydrogen-bond donors (Lipinski definition) is 7. The molecule has 258 valence electrons. The largest absolute Gasteiger partial charge is 0.460 e. The maximum atomic E-state index is 13.6. The van der Waals surface area contributed by atoms with Crippen LogP contribution in [0, 0.1) is 17.8 Å². The molecule has 0 spiro atoms. The molecule has 7 N–H and O–H groups in total. The Morgan fingerprint density at radius 1 is 0.778 bits per heavy atom. The van der Waals surface area contributed by atoms with Crippen molar-refractivity contribution in [3.8, 4) is 0 Å². The van der Waals surface area contributed by atoms with Gasteiger partial charge in [-0.15, -0.1) is 0 Å². The monoisotopic (exact) mass is 641 g/mol. The van der Waals surface area contributed by atoms with Crippen LogP contribution in [0.2, 0.25) is 0 Å². The molecule has 1 heterocycles. The van der Waals surface area contributed by atoms with E-state index < -0.39 is 96.9 Å². The lowest BCUT2D eigenvalue weighted by atomic mass is 9.95. The van der Waals surface area contributed by atoms with Crippen molar-refractivity contribution < 1.29 is 43.7 Å². The van der Waals surface area contributed by atoms with Gasteiger partial charge >= 0.3 is 5.97 Å². The van der Waals surface area contributed by atoms with Crippen LogP contribution in [0.5, 0.6) is 0 Å². The third-order valence-electron chi connectivity index (χ3n) is 8.01. The Hall–Kier alpha value is -3.26. The van der Waals surface area contributed by atoms with Gasteiger partial charge in [-0.2, -0.15) is 0 Å². The average Bonchev–Trinajstić information content (AvgIpc) is 2.99. The van der Waals surface area contributed by atoms with Gasteiger partial charge in [0.25, 0.3) is 0 Å². The zero-order valence-electron chi connectivity index (χ0n) is 27.8. The van der Waals surface area contributed by atoms with Crippen molar-refractivity contribution in [2.45, 2.75) is 130 Å². The normalized spacial score (nSPS) is 27.9. The number of ether oxygens (including phenoxy) is 1. The summed E-state index contributed by atoms with van der Waals surface area (Å²) in [6.45, 7) is 10.8. The first-order chi connectivity index (χ1) is 21.2. The molecule has 14 nitrogen and oxygen atoms in total. The number of cyclic esters (lactones) is 1. The molecule has 8 atom stereocenters. The van der Waals surface area contributed by atoms with Crippen molar-refractivity contribution in [1.82, 2.24) is 26.6 Å². The molecule has 0 aromatic rings. The van der Waals surface area contributed by atoms with Gasteiger partial charge in [-0.05, 0) is 38.0 Å². The van der Waals surface area contributed by atoms with Gasteiger partial charge in [0, 0.05) is 0 Å². The summed E-state index contributed by atoms with van der Waals surface area (Å²) in [5, 5.41) is 32.7. The van der Waals surface area contributed by atoms with Crippen LogP contribution in [0.4, 0.5) is 0 Å². The van der Waals surface area contributed by atoms with Crippen molar-refractivity contribution in [2.75, 3.05) is 13.2 Å². The minimum atomic E-state index is -1.53. The van der Waals surface area contributed by atoms with Crippen LogP contribution in [0.15, 0.2) is 0 Å². The van der Waals surface area contributed by atoms with Crippen LogP contribution < -0.4 is 26.6 Å². The number of nitrogens with one attached hydrogen (secondary N) is 5. The summed E-state index contributed by atoms with van der Waals surface area (Å²) in [5.41, 5.74) is 0. The number of rotatable bonds is 11. The fraction of sp³-hybridized carbons (Fsp3) is 0.806. The zero-order chi connectivity index (χ0) is 34.3. The Bertz CT molecular complexity index is 1010. The second-order valence-corrected chi connectivity index (χ2v) is 12.4. The van der Waals surface area contributed by atoms with Gasteiger partial charge in [-0.3, -0.25) is 28.8 Å². The summed E-state index contributed by atoms with van der Waals surface area (Å²) in [6.07, 6.45) is 2.33. The van der Waals surface area contributed by atoms with Crippen LogP contribution >= 0.6 is 0 Å². The molecule has 1 aliphatic rings. The quantitative estimate of drug-likeness (QED) is 0.120. The Morgan fingerprint density at radius 2 is 1.38 bits per heavy atom. The second kappa shape index (κ2) is 20.0. The van der Waals surface area contributed by atoms with E-state index in [4.69, 9.17) is 4.74 Å². The highest BCUT2D eigenvalue weighted by Gasteiger charge is 2.36. The first-order valence-corrected chi connectivity index (χ1v) is 16.1. The Balaban J connectivity index is 3.53. The van der Waals surface area contributed by atoms with Gasteiger partial charge in [0.05, 0.1) is 18.6 Å². The van der Waals surface area contributed by atoms with Gasteiger partial charge in [0.1, 0.15) is 36.8 Å². The minimum absolute atomic E-state index is 0.00977. The average molecular weight is 642 g/mol. The lowest BCUT2D eigenvalue weighted by molar-refractivity contribution is -0.154. The molecule has 0 bridgehead atoms.